The van der Waals surface area contributed by atoms with Gasteiger partial charge in [-0.25, -0.2) is 0 Å². The van der Waals surface area contributed by atoms with Crippen LogP contribution in [-0.4, -0.2) is 19.2 Å². The SMILES string of the molecule is CCCc1cccc2c(OCCCCOC(=O)C(C)C)cc(=O)sc12. The molecule has 0 atom stereocenters. The third-order valence-corrected chi connectivity index (χ3v) is 4.85. The molecule has 1 aromatic heterocycles. The number of carbonyl (C=O) groups is 1. The third kappa shape index (κ3) is 5.56. The zero-order chi connectivity index (χ0) is 18.2. The van der Waals surface area contributed by atoms with Crippen LogP contribution in [0.2, 0.25) is 0 Å². The van der Waals surface area contributed by atoms with Crippen LogP contribution < -0.4 is 9.48 Å². The van der Waals surface area contributed by atoms with Gasteiger partial charge in [0.05, 0.1) is 19.1 Å². The molecule has 4 nitrogen and oxygen atoms in total. The molecule has 0 bridgehead atoms. The van der Waals surface area contributed by atoms with Gasteiger partial charge in [0.25, 0.3) is 0 Å². The number of hydrogen-bond acceptors (Lipinski definition) is 5. The zero-order valence-electron chi connectivity index (χ0n) is 15.2. The average Bonchev–Trinajstić information content (AvgIpc) is 2.58. The van der Waals surface area contributed by atoms with Crippen LogP contribution in [0.4, 0.5) is 0 Å². The van der Waals surface area contributed by atoms with Crippen molar-refractivity contribution in [3.8, 4) is 5.75 Å². The summed E-state index contributed by atoms with van der Waals surface area (Å²) in [7, 11) is 0. The van der Waals surface area contributed by atoms with Gasteiger partial charge >= 0.3 is 5.97 Å². The molecule has 1 aromatic carbocycles. The second kappa shape index (κ2) is 9.56. The van der Waals surface area contributed by atoms with Crippen LogP contribution in [0, 0.1) is 5.92 Å². The minimum Gasteiger partial charge on any atom is -0.493 e. The van der Waals surface area contributed by atoms with Crippen molar-refractivity contribution in [2.45, 2.75) is 46.5 Å². The Balaban J connectivity index is 1.96. The fourth-order valence-electron chi connectivity index (χ4n) is 2.53. The van der Waals surface area contributed by atoms with Gasteiger partial charge in [0.2, 0.25) is 4.74 Å². The van der Waals surface area contributed by atoms with Crippen LogP contribution in [0.1, 0.15) is 45.6 Å². The largest absolute Gasteiger partial charge is 0.493 e. The maximum absolute atomic E-state index is 12.0. The van der Waals surface area contributed by atoms with Gasteiger partial charge in [-0.15, -0.1) is 0 Å². The van der Waals surface area contributed by atoms with Crippen molar-refractivity contribution in [2.75, 3.05) is 13.2 Å². The van der Waals surface area contributed by atoms with Crippen molar-refractivity contribution in [1.29, 1.82) is 0 Å². The monoisotopic (exact) mass is 362 g/mol. The summed E-state index contributed by atoms with van der Waals surface area (Å²) in [6.07, 6.45) is 3.52. The second-order valence-electron chi connectivity index (χ2n) is 6.35. The van der Waals surface area contributed by atoms with Crippen LogP contribution in [0.3, 0.4) is 0 Å². The van der Waals surface area contributed by atoms with Crippen molar-refractivity contribution in [1.82, 2.24) is 0 Å². The Kier molecular flexibility index (Phi) is 7.44. The van der Waals surface area contributed by atoms with Crippen molar-refractivity contribution in [2.24, 2.45) is 5.92 Å². The number of carbonyl (C=O) groups excluding carboxylic acids is 1. The minimum atomic E-state index is -0.170. The summed E-state index contributed by atoms with van der Waals surface area (Å²) >= 11 is 1.28. The van der Waals surface area contributed by atoms with Gasteiger partial charge in [0, 0.05) is 16.2 Å². The first kappa shape index (κ1) is 19.4. The maximum Gasteiger partial charge on any atom is 0.308 e. The van der Waals surface area contributed by atoms with Gasteiger partial charge in [-0.2, -0.15) is 0 Å². The van der Waals surface area contributed by atoms with Crippen molar-refractivity contribution < 1.29 is 14.3 Å². The topological polar surface area (TPSA) is 52.6 Å². The van der Waals surface area contributed by atoms with Gasteiger partial charge in [-0.3, -0.25) is 9.59 Å². The Bertz CT molecular complexity index is 764. The van der Waals surface area contributed by atoms with Crippen LogP contribution in [0.15, 0.2) is 29.1 Å². The lowest BCUT2D eigenvalue weighted by Gasteiger charge is -2.11. The molecule has 0 amide bonds. The first-order valence-corrected chi connectivity index (χ1v) is 9.69. The molecule has 5 heteroatoms. The van der Waals surface area contributed by atoms with Crippen LogP contribution in [0.25, 0.3) is 10.1 Å². The summed E-state index contributed by atoms with van der Waals surface area (Å²) in [5.41, 5.74) is 1.20. The molecule has 0 spiro atoms. The summed E-state index contributed by atoms with van der Waals surface area (Å²) < 4.78 is 12.0. The van der Waals surface area contributed by atoms with Gasteiger partial charge < -0.3 is 9.47 Å². The van der Waals surface area contributed by atoms with E-state index in [0.717, 1.165) is 35.8 Å². The zero-order valence-corrected chi connectivity index (χ0v) is 16.0. The van der Waals surface area contributed by atoms with Crippen LogP contribution in [-0.2, 0) is 16.0 Å². The Hall–Kier alpha value is -1.88. The Morgan fingerprint density at radius 3 is 2.68 bits per heavy atom. The van der Waals surface area contributed by atoms with Crippen molar-refractivity contribution in [3.63, 3.8) is 0 Å². The molecule has 2 rings (SSSR count). The molecule has 0 radical (unpaired) electrons. The number of unbranched alkanes of at least 4 members (excludes halogenated alkanes) is 1. The quantitative estimate of drug-likeness (QED) is 0.484. The number of rotatable bonds is 9. The lowest BCUT2D eigenvalue weighted by molar-refractivity contribution is -0.147. The Morgan fingerprint density at radius 1 is 1.20 bits per heavy atom. The van der Waals surface area contributed by atoms with Crippen molar-refractivity contribution >= 4 is 27.4 Å². The van der Waals surface area contributed by atoms with E-state index in [4.69, 9.17) is 9.47 Å². The second-order valence-corrected chi connectivity index (χ2v) is 7.37. The maximum atomic E-state index is 12.0. The Labute approximate surface area is 152 Å². The fraction of sp³-hybridized carbons (Fsp3) is 0.500. The van der Waals surface area contributed by atoms with E-state index >= 15 is 0 Å². The molecule has 0 saturated carbocycles. The van der Waals surface area contributed by atoms with E-state index < -0.39 is 0 Å². The number of benzene rings is 1. The van der Waals surface area contributed by atoms with E-state index in [1.807, 2.05) is 26.0 Å². The Morgan fingerprint density at radius 2 is 1.96 bits per heavy atom. The summed E-state index contributed by atoms with van der Waals surface area (Å²) in [5, 5.41) is 1.00. The van der Waals surface area contributed by atoms with Gasteiger partial charge in [0.15, 0.2) is 0 Å². The highest BCUT2D eigenvalue weighted by molar-refractivity contribution is 7.16. The smallest absolute Gasteiger partial charge is 0.308 e. The number of ether oxygens (including phenoxy) is 2. The van der Waals surface area contributed by atoms with Gasteiger partial charge in [-0.1, -0.05) is 50.7 Å². The first-order chi connectivity index (χ1) is 12.0. The highest BCUT2D eigenvalue weighted by Crippen LogP contribution is 2.29. The lowest BCUT2D eigenvalue weighted by Crippen LogP contribution is -2.13. The summed E-state index contributed by atoms with van der Waals surface area (Å²) in [4.78, 5) is 23.4. The van der Waals surface area contributed by atoms with Crippen molar-refractivity contribution in [3.05, 3.63) is 39.4 Å². The van der Waals surface area contributed by atoms with E-state index in [-0.39, 0.29) is 16.6 Å². The van der Waals surface area contributed by atoms with E-state index in [1.54, 1.807) is 6.07 Å². The molecule has 25 heavy (non-hydrogen) atoms. The molecule has 1 heterocycles. The van der Waals surface area contributed by atoms with E-state index in [2.05, 4.69) is 13.0 Å². The number of aryl methyl sites for hydroxylation is 1. The molecule has 0 fully saturated rings. The first-order valence-electron chi connectivity index (χ1n) is 8.88. The molecular weight excluding hydrogens is 336 g/mol. The molecule has 0 saturated heterocycles. The highest BCUT2D eigenvalue weighted by atomic mass is 32.1. The fourth-order valence-corrected chi connectivity index (χ4v) is 3.47. The average molecular weight is 362 g/mol. The molecule has 136 valence electrons. The van der Waals surface area contributed by atoms with Crippen LogP contribution >= 0.6 is 11.3 Å². The molecule has 0 aliphatic carbocycles. The predicted molar refractivity (Wildman–Crippen MR) is 103 cm³/mol. The van der Waals surface area contributed by atoms with E-state index in [9.17, 15) is 9.59 Å². The molecule has 0 aliphatic heterocycles. The standard InChI is InChI=1S/C20H26O4S/c1-4-8-15-9-7-10-16-17(13-18(21)25-19(15)16)23-11-5-6-12-24-20(22)14(2)3/h7,9-10,13-14H,4-6,8,11-12H2,1-3H3. The van der Waals surface area contributed by atoms with Gasteiger partial charge in [-0.05, 0) is 30.9 Å². The highest BCUT2D eigenvalue weighted by Gasteiger charge is 2.09. The number of hydrogen-bond donors (Lipinski definition) is 0. The minimum absolute atomic E-state index is 0.0110. The predicted octanol–water partition coefficient (Wildman–Crippen LogP) is 4.57. The van der Waals surface area contributed by atoms with Gasteiger partial charge in [0.1, 0.15) is 5.75 Å². The molecule has 0 aliphatic rings. The third-order valence-electron chi connectivity index (χ3n) is 3.84. The number of fused-ring (bicyclic) bond motifs is 1. The summed E-state index contributed by atoms with van der Waals surface area (Å²) in [6.45, 7) is 6.68. The normalized spacial score (nSPS) is 11.0. The van der Waals surface area contributed by atoms with E-state index in [1.165, 1.54) is 16.9 Å². The van der Waals surface area contributed by atoms with E-state index in [0.29, 0.717) is 19.0 Å². The summed E-state index contributed by atoms with van der Waals surface area (Å²) in [6, 6.07) is 7.67. The molecule has 0 unspecified atom stereocenters. The number of esters is 1. The lowest BCUT2D eigenvalue weighted by atomic mass is 10.1. The van der Waals surface area contributed by atoms with Crippen LogP contribution in [0.5, 0.6) is 5.75 Å². The summed E-state index contributed by atoms with van der Waals surface area (Å²) in [5.74, 6) is 0.382. The molecule has 0 N–H and O–H groups in total. The molecule has 2 aromatic rings. The molecular formula is C20H26O4S.